The molecule has 1 fully saturated rings. The highest BCUT2D eigenvalue weighted by Gasteiger charge is 2.27. The molecule has 0 unspecified atom stereocenters. The molecule has 178 valence electrons. The van der Waals surface area contributed by atoms with Crippen LogP contribution in [0.15, 0.2) is 57.9 Å². The zero-order chi connectivity index (χ0) is 24.1. The Balaban J connectivity index is 1.25. The molecule has 34 heavy (non-hydrogen) atoms. The lowest BCUT2D eigenvalue weighted by Crippen LogP contribution is -2.27. The number of ketones is 1. The lowest BCUT2D eigenvalue weighted by atomic mass is 10.1. The lowest BCUT2D eigenvalue weighted by Gasteiger charge is -2.15. The van der Waals surface area contributed by atoms with Crippen LogP contribution in [-0.4, -0.2) is 54.3 Å². The van der Waals surface area contributed by atoms with Gasteiger partial charge >= 0.3 is 5.97 Å². The topological polar surface area (TPSA) is 120 Å². The van der Waals surface area contributed by atoms with Crippen LogP contribution in [0.1, 0.15) is 35.5 Å². The Morgan fingerprint density at radius 1 is 1.03 bits per heavy atom. The Bertz CT molecular complexity index is 1270. The van der Waals surface area contributed by atoms with Crippen LogP contribution in [0.5, 0.6) is 0 Å². The summed E-state index contributed by atoms with van der Waals surface area (Å²) in [7, 11) is -3.56. The quantitative estimate of drug-likeness (QED) is 0.334. The number of halogens is 1. The average molecular weight is 488 g/mol. The molecular formula is C23H22FN3O6S. The van der Waals surface area contributed by atoms with Crippen molar-refractivity contribution in [3.05, 3.63) is 65.8 Å². The molecular weight excluding hydrogens is 465 g/mol. The van der Waals surface area contributed by atoms with Crippen LogP contribution in [0, 0.1) is 5.82 Å². The van der Waals surface area contributed by atoms with E-state index in [4.69, 9.17) is 9.26 Å². The predicted molar refractivity (Wildman–Crippen MR) is 118 cm³/mol. The first kappa shape index (κ1) is 23.7. The number of benzene rings is 2. The van der Waals surface area contributed by atoms with Crippen LogP contribution < -0.4 is 0 Å². The van der Waals surface area contributed by atoms with Gasteiger partial charge in [0.05, 0.1) is 11.3 Å². The van der Waals surface area contributed by atoms with Gasteiger partial charge in [0.1, 0.15) is 5.82 Å². The maximum atomic E-state index is 13.0. The van der Waals surface area contributed by atoms with Crippen LogP contribution >= 0.6 is 0 Å². The highest BCUT2D eigenvalue weighted by molar-refractivity contribution is 7.89. The van der Waals surface area contributed by atoms with Crippen molar-refractivity contribution in [1.82, 2.24) is 14.4 Å². The van der Waals surface area contributed by atoms with Crippen molar-refractivity contribution in [3.63, 3.8) is 0 Å². The molecule has 1 aliphatic heterocycles. The summed E-state index contributed by atoms with van der Waals surface area (Å²) in [5.41, 5.74) is 0.817. The SMILES string of the molecule is O=C(CCc1nc(-c2ccc(F)cc2)no1)OCC(=O)c1ccc(S(=O)(=O)N2CCCC2)cc1. The van der Waals surface area contributed by atoms with E-state index in [0.717, 1.165) is 12.8 Å². The Kier molecular flexibility index (Phi) is 7.13. The largest absolute Gasteiger partial charge is 0.457 e. The third kappa shape index (κ3) is 5.54. The molecule has 1 aromatic heterocycles. The van der Waals surface area contributed by atoms with Crippen molar-refractivity contribution in [3.8, 4) is 11.4 Å². The molecule has 0 N–H and O–H groups in total. The smallest absolute Gasteiger partial charge is 0.306 e. The van der Waals surface area contributed by atoms with Gasteiger partial charge in [-0.3, -0.25) is 9.59 Å². The van der Waals surface area contributed by atoms with E-state index in [1.807, 2.05) is 0 Å². The number of sulfonamides is 1. The number of Topliss-reactive ketones (excluding diaryl/α,β-unsaturated/α-hetero) is 1. The van der Waals surface area contributed by atoms with Crippen LogP contribution in [-0.2, 0) is 26.0 Å². The molecule has 3 aromatic rings. The molecule has 1 aliphatic rings. The van der Waals surface area contributed by atoms with E-state index in [1.165, 1.54) is 52.8 Å². The van der Waals surface area contributed by atoms with E-state index in [9.17, 15) is 22.4 Å². The minimum Gasteiger partial charge on any atom is -0.457 e. The Hall–Kier alpha value is -3.44. The molecule has 11 heteroatoms. The average Bonchev–Trinajstić information content (AvgIpc) is 3.55. The molecule has 4 rings (SSSR count). The van der Waals surface area contributed by atoms with Gasteiger partial charge in [0, 0.05) is 30.6 Å². The number of nitrogens with zero attached hydrogens (tertiary/aromatic N) is 3. The molecule has 2 heterocycles. The van der Waals surface area contributed by atoms with Crippen molar-refractivity contribution in [2.45, 2.75) is 30.6 Å². The summed E-state index contributed by atoms with van der Waals surface area (Å²) in [6.07, 6.45) is 1.71. The first-order valence-corrected chi connectivity index (χ1v) is 12.1. The minimum atomic E-state index is -3.56. The van der Waals surface area contributed by atoms with Crippen LogP contribution in [0.3, 0.4) is 0 Å². The highest BCUT2D eigenvalue weighted by Crippen LogP contribution is 2.21. The summed E-state index contributed by atoms with van der Waals surface area (Å²) in [5.74, 6) is -0.975. The normalized spacial score (nSPS) is 14.3. The van der Waals surface area contributed by atoms with Crippen LogP contribution in [0.25, 0.3) is 11.4 Å². The van der Waals surface area contributed by atoms with Crippen molar-refractivity contribution < 1.29 is 31.7 Å². The van der Waals surface area contributed by atoms with Gasteiger partial charge in [-0.25, -0.2) is 12.8 Å². The van der Waals surface area contributed by atoms with E-state index in [0.29, 0.717) is 18.7 Å². The summed E-state index contributed by atoms with van der Waals surface area (Å²) in [6, 6.07) is 11.2. The molecule has 0 bridgehead atoms. The van der Waals surface area contributed by atoms with Gasteiger partial charge in [-0.15, -0.1) is 0 Å². The minimum absolute atomic E-state index is 0.0780. The number of aryl methyl sites for hydroxylation is 1. The molecule has 0 amide bonds. The fraction of sp³-hybridized carbons (Fsp3) is 0.304. The number of aromatic nitrogens is 2. The molecule has 0 atom stereocenters. The van der Waals surface area contributed by atoms with Gasteiger partial charge < -0.3 is 9.26 Å². The summed E-state index contributed by atoms with van der Waals surface area (Å²) >= 11 is 0. The number of ether oxygens (including phenoxy) is 1. The third-order valence-electron chi connectivity index (χ3n) is 5.36. The van der Waals surface area contributed by atoms with E-state index in [1.54, 1.807) is 0 Å². The first-order chi connectivity index (χ1) is 16.3. The van der Waals surface area contributed by atoms with Gasteiger partial charge in [-0.05, 0) is 61.4 Å². The number of esters is 1. The number of carbonyl (C=O) groups is 2. The molecule has 0 radical (unpaired) electrons. The summed E-state index contributed by atoms with van der Waals surface area (Å²) in [5, 5.41) is 3.80. The van der Waals surface area contributed by atoms with E-state index >= 15 is 0 Å². The summed E-state index contributed by atoms with van der Waals surface area (Å²) < 4.78 is 49.7. The van der Waals surface area contributed by atoms with E-state index < -0.39 is 28.4 Å². The molecule has 0 aliphatic carbocycles. The third-order valence-corrected chi connectivity index (χ3v) is 7.27. The van der Waals surface area contributed by atoms with E-state index in [2.05, 4.69) is 10.1 Å². The number of rotatable bonds is 9. The molecule has 9 nitrogen and oxygen atoms in total. The van der Waals surface area contributed by atoms with Crippen LogP contribution in [0.4, 0.5) is 4.39 Å². The molecule has 2 aromatic carbocycles. The Morgan fingerprint density at radius 2 is 1.71 bits per heavy atom. The Morgan fingerprint density at radius 3 is 2.38 bits per heavy atom. The number of hydrogen-bond donors (Lipinski definition) is 0. The van der Waals surface area contributed by atoms with Crippen molar-refractivity contribution in [2.24, 2.45) is 0 Å². The number of hydrogen-bond acceptors (Lipinski definition) is 8. The van der Waals surface area contributed by atoms with Gasteiger partial charge in [0.25, 0.3) is 0 Å². The fourth-order valence-electron chi connectivity index (χ4n) is 3.47. The first-order valence-electron chi connectivity index (χ1n) is 10.7. The monoisotopic (exact) mass is 487 g/mol. The van der Waals surface area contributed by atoms with Crippen LogP contribution in [0.2, 0.25) is 0 Å². The maximum Gasteiger partial charge on any atom is 0.306 e. The Labute approximate surface area is 195 Å². The standard InChI is InChI=1S/C23H22FN3O6S/c24-18-7-3-17(4-8-18)23-25-21(33-26-23)11-12-22(29)32-15-20(28)16-5-9-19(10-6-16)34(30,31)27-13-1-2-14-27/h3-10H,1-2,11-15H2. The van der Waals surface area contributed by atoms with Gasteiger partial charge in [-0.2, -0.15) is 9.29 Å². The predicted octanol–water partition coefficient (Wildman–Crippen LogP) is 3.02. The van der Waals surface area contributed by atoms with Crippen molar-refractivity contribution in [1.29, 1.82) is 0 Å². The van der Waals surface area contributed by atoms with Gasteiger partial charge in [-0.1, -0.05) is 5.16 Å². The zero-order valence-corrected chi connectivity index (χ0v) is 19.0. The van der Waals surface area contributed by atoms with Gasteiger partial charge in [0.15, 0.2) is 12.4 Å². The zero-order valence-electron chi connectivity index (χ0n) is 18.1. The fourth-order valence-corrected chi connectivity index (χ4v) is 4.99. The molecule has 0 saturated carbocycles. The molecule has 1 saturated heterocycles. The summed E-state index contributed by atoms with van der Waals surface area (Å²) in [6.45, 7) is 0.522. The van der Waals surface area contributed by atoms with Crippen molar-refractivity contribution >= 4 is 21.8 Å². The maximum absolute atomic E-state index is 13.0. The lowest BCUT2D eigenvalue weighted by molar-refractivity contribution is -0.142. The highest BCUT2D eigenvalue weighted by atomic mass is 32.2. The number of carbonyl (C=O) groups excluding carboxylic acids is 2. The van der Waals surface area contributed by atoms with E-state index in [-0.39, 0.29) is 40.8 Å². The second-order valence-electron chi connectivity index (χ2n) is 7.74. The van der Waals surface area contributed by atoms with Gasteiger partial charge in [0.2, 0.25) is 21.7 Å². The summed E-state index contributed by atoms with van der Waals surface area (Å²) in [4.78, 5) is 28.6. The molecule has 0 spiro atoms. The van der Waals surface area contributed by atoms with Crippen molar-refractivity contribution in [2.75, 3.05) is 19.7 Å². The second-order valence-corrected chi connectivity index (χ2v) is 9.68. The second kappa shape index (κ2) is 10.2.